The first kappa shape index (κ1) is 21.8. The van der Waals surface area contributed by atoms with E-state index in [1.807, 2.05) is 19.9 Å². The van der Waals surface area contributed by atoms with Crippen LogP contribution in [-0.4, -0.2) is 53.4 Å². The first-order valence-electron chi connectivity index (χ1n) is 9.43. The molecule has 0 saturated heterocycles. The number of nitrogens with one attached hydrogen (secondary N) is 1. The monoisotopic (exact) mass is 425 g/mol. The van der Waals surface area contributed by atoms with Crippen molar-refractivity contribution in [3.63, 3.8) is 0 Å². The van der Waals surface area contributed by atoms with Crippen molar-refractivity contribution in [1.82, 2.24) is 20.2 Å². The van der Waals surface area contributed by atoms with Crippen molar-refractivity contribution >= 4 is 17.6 Å². The highest BCUT2D eigenvalue weighted by Crippen LogP contribution is 2.34. The maximum atomic E-state index is 13.0. The molecule has 0 aliphatic rings. The van der Waals surface area contributed by atoms with E-state index in [-0.39, 0.29) is 17.3 Å². The fourth-order valence-electron chi connectivity index (χ4n) is 2.99. The predicted octanol–water partition coefficient (Wildman–Crippen LogP) is 2.98. The molecule has 0 unspecified atom stereocenters. The van der Waals surface area contributed by atoms with Crippen molar-refractivity contribution in [3.8, 4) is 22.9 Å². The molecule has 10 heteroatoms. The minimum Gasteiger partial charge on any atom is -0.493 e. The Bertz CT molecular complexity index is 1110. The van der Waals surface area contributed by atoms with Crippen LogP contribution in [-0.2, 0) is 4.74 Å². The van der Waals surface area contributed by atoms with E-state index in [0.29, 0.717) is 28.5 Å². The molecule has 0 atom stereocenters. The molecule has 3 rings (SSSR count). The van der Waals surface area contributed by atoms with Crippen molar-refractivity contribution in [2.75, 3.05) is 26.6 Å². The number of methoxy groups -OCH3 is 3. The molecule has 0 spiro atoms. The van der Waals surface area contributed by atoms with Crippen LogP contribution in [0, 0.1) is 0 Å². The number of ether oxygens (including phenoxy) is 3. The van der Waals surface area contributed by atoms with Gasteiger partial charge in [-0.15, -0.1) is 5.10 Å². The van der Waals surface area contributed by atoms with Crippen LogP contribution in [0.3, 0.4) is 0 Å². The standard InChI is InChI=1S/C21H23N5O5/c1-12(2)26-19(23-24-25-26)13-7-6-8-14(9-13)20(27)22-16-11-18(30-4)17(29-3)10-15(16)21(28)31-5/h6-12H,1-5H3,(H,22,27). The summed E-state index contributed by atoms with van der Waals surface area (Å²) in [6.07, 6.45) is 0. The van der Waals surface area contributed by atoms with E-state index in [4.69, 9.17) is 14.2 Å². The number of carbonyl (C=O) groups excluding carboxylic acids is 2. The number of nitrogens with zero attached hydrogens (tertiary/aromatic N) is 4. The van der Waals surface area contributed by atoms with Gasteiger partial charge in [0.05, 0.1) is 38.6 Å². The van der Waals surface area contributed by atoms with Gasteiger partial charge in [-0.3, -0.25) is 4.79 Å². The van der Waals surface area contributed by atoms with Crippen LogP contribution in [0.25, 0.3) is 11.4 Å². The van der Waals surface area contributed by atoms with E-state index in [2.05, 4.69) is 20.8 Å². The molecular formula is C21H23N5O5. The van der Waals surface area contributed by atoms with Gasteiger partial charge < -0.3 is 19.5 Å². The van der Waals surface area contributed by atoms with Gasteiger partial charge in [-0.2, -0.15) is 0 Å². The summed E-state index contributed by atoms with van der Waals surface area (Å²) in [5.74, 6) is 0.189. The average molecular weight is 425 g/mol. The summed E-state index contributed by atoms with van der Waals surface area (Å²) in [6.45, 7) is 3.92. The number of amides is 1. The molecule has 3 aromatic rings. The molecule has 1 N–H and O–H groups in total. The number of benzene rings is 2. The minimum absolute atomic E-state index is 0.0526. The number of carbonyl (C=O) groups is 2. The smallest absolute Gasteiger partial charge is 0.340 e. The molecule has 0 fully saturated rings. The molecule has 0 saturated carbocycles. The largest absolute Gasteiger partial charge is 0.493 e. The van der Waals surface area contributed by atoms with Gasteiger partial charge >= 0.3 is 5.97 Å². The molecule has 1 aromatic heterocycles. The second kappa shape index (κ2) is 9.24. The molecule has 1 amide bonds. The zero-order valence-corrected chi connectivity index (χ0v) is 17.9. The number of hydrogen-bond donors (Lipinski definition) is 1. The lowest BCUT2D eigenvalue weighted by Gasteiger charge is -2.15. The van der Waals surface area contributed by atoms with Crippen LogP contribution in [0.5, 0.6) is 11.5 Å². The lowest BCUT2D eigenvalue weighted by Crippen LogP contribution is -2.16. The normalized spacial score (nSPS) is 10.6. The first-order chi connectivity index (χ1) is 14.9. The molecule has 0 aliphatic heterocycles. The van der Waals surface area contributed by atoms with E-state index >= 15 is 0 Å². The van der Waals surface area contributed by atoms with Gasteiger partial charge in [0.2, 0.25) is 0 Å². The molecule has 31 heavy (non-hydrogen) atoms. The Labute approximate surface area is 179 Å². The fraction of sp³-hybridized carbons (Fsp3) is 0.286. The van der Waals surface area contributed by atoms with Gasteiger partial charge in [0.15, 0.2) is 17.3 Å². The Balaban J connectivity index is 1.96. The zero-order chi connectivity index (χ0) is 22.5. The SMILES string of the molecule is COC(=O)c1cc(OC)c(OC)cc1NC(=O)c1cccc(-c2nnnn2C(C)C)c1. The molecule has 0 aliphatic carbocycles. The van der Waals surface area contributed by atoms with Gasteiger partial charge in [0.1, 0.15) is 0 Å². The van der Waals surface area contributed by atoms with Crippen LogP contribution < -0.4 is 14.8 Å². The topological polar surface area (TPSA) is 117 Å². The third-order valence-corrected chi connectivity index (χ3v) is 4.54. The lowest BCUT2D eigenvalue weighted by atomic mass is 10.1. The van der Waals surface area contributed by atoms with E-state index in [0.717, 1.165) is 0 Å². The first-order valence-corrected chi connectivity index (χ1v) is 9.43. The highest BCUT2D eigenvalue weighted by molar-refractivity contribution is 6.08. The molecular weight excluding hydrogens is 402 g/mol. The minimum atomic E-state index is -0.624. The van der Waals surface area contributed by atoms with Gasteiger partial charge in [-0.05, 0) is 36.4 Å². The number of tetrazole rings is 1. The van der Waals surface area contributed by atoms with Gasteiger partial charge in [-0.25, -0.2) is 9.48 Å². The number of rotatable bonds is 7. The zero-order valence-electron chi connectivity index (χ0n) is 17.9. The van der Waals surface area contributed by atoms with Gasteiger partial charge in [0.25, 0.3) is 5.91 Å². The number of anilines is 1. The van der Waals surface area contributed by atoms with Crippen molar-refractivity contribution in [3.05, 3.63) is 47.5 Å². The van der Waals surface area contributed by atoms with Crippen molar-refractivity contribution < 1.29 is 23.8 Å². The highest BCUT2D eigenvalue weighted by Gasteiger charge is 2.20. The Kier molecular flexibility index (Phi) is 6.49. The Morgan fingerprint density at radius 1 is 1.03 bits per heavy atom. The van der Waals surface area contributed by atoms with Crippen molar-refractivity contribution in [1.29, 1.82) is 0 Å². The van der Waals surface area contributed by atoms with Crippen molar-refractivity contribution in [2.24, 2.45) is 0 Å². The predicted molar refractivity (Wildman–Crippen MR) is 112 cm³/mol. The van der Waals surface area contributed by atoms with E-state index in [1.54, 1.807) is 22.9 Å². The van der Waals surface area contributed by atoms with E-state index < -0.39 is 11.9 Å². The second-order valence-electron chi connectivity index (χ2n) is 6.82. The fourth-order valence-corrected chi connectivity index (χ4v) is 2.99. The second-order valence-corrected chi connectivity index (χ2v) is 6.82. The summed E-state index contributed by atoms with van der Waals surface area (Å²) in [4.78, 5) is 25.2. The Morgan fingerprint density at radius 3 is 2.39 bits per heavy atom. The van der Waals surface area contributed by atoms with E-state index in [9.17, 15) is 9.59 Å². The third-order valence-electron chi connectivity index (χ3n) is 4.54. The molecule has 1 heterocycles. The van der Waals surface area contributed by atoms with Gasteiger partial charge in [0, 0.05) is 23.3 Å². The molecule has 162 valence electrons. The Morgan fingerprint density at radius 2 is 1.74 bits per heavy atom. The summed E-state index contributed by atoms with van der Waals surface area (Å²) in [5.41, 5.74) is 1.41. The average Bonchev–Trinajstić information content (AvgIpc) is 3.28. The van der Waals surface area contributed by atoms with Crippen LogP contribution in [0.15, 0.2) is 36.4 Å². The number of aromatic nitrogens is 4. The van der Waals surface area contributed by atoms with Crippen LogP contribution >= 0.6 is 0 Å². The molecule has 2 aromatic carbocycles. The third kappa shape index (κ3) is 4.47. The quantitative estimate of drug-likeness (QED) is 0.574. The van der Waals surface area contributed by atoms with Crippen LogP contribution in [0.2, 0.25) is 0 Å². The summed E-state index contributed by atoms with van der Waals surface area (Å²) >= 11 is 0. The van der Waals surface area contributed by atoms with Crippen LogP contribution in [0.4, 0.5) is 5.69 Å². The summed E-state index contributed by atoms with van der Waals surface area (Å²) in [7, 11) is 4.17. The van der Waals surface area contributed by atoms with Crippen molar-refractivity contribution in [2.45, 2.75) is 19.9 Å². The summed E-state index contributed by atoms with van der Waals surface area (Å²) in [6, 6.07) is 9.90. The highest BCUT2D eigenvalue weighted by atomic mass is 16.5. The molecule has 10 nitrogen and oxygen atoms in total. The molecule has 0 bridgehead atoms. The number of hydrogen-bond acceptors (Lipinski definition) is 8. The summed E-state index contributed by atoms with van der Waals surface area (Å²) in [5, 5.41) is 14.5. The van der Waals surface area contributed by atoms with Gasteiger partial charge in [-0.1, -0.05) is 12.1 Å². The maximum absolute atomic E-state index is 13.0. The molecule has 0 radical (unpaired) electrons. The maximum Gasteiger partial charge on any atom is 0.340 e. The van der Waals surface area contributed by atoms with E-state index in [1.165, 1.54) is 33.5 Å². The number of esters is 1. The Hall–Kier alpha value is -3.95. The van der Waals surface area contributed by atoms with Crippen LogP contribution in [0.1, 0.15) is 40.6 Å². The summed E-state index contributed by atoms with van der Waals surface area (Å²) < 4.78 is 17.0. The lowest BCUT2D eigenvalue weighted by molar-refractivity contribution is 0.0601.